The molecule has 0 aliphatic heterocycles. The summed E-state index contributed by atoms with van der Waals surface area (Å²) in [4.78, 5) is -0.420. The van der Waals surface area contributed by atoms with Gasteiger partial charge in [-0.15, -0.1) is 0 Å². The van der Waals surface area contributed by atoms with E-state index >= 15 is 0 Å². The SMILES string of the molecule is Cc1ccc(S(=O)(=O)N(c2cccc(F)c2)S(=O)(=O)c2ccc(C)cc2)cc1. The van der Waals surface area contributed by atoms with Crippen LogP contribution in [0.3, 0.4) is 0 Å². The molecule has 0 radical (unpaired) electrons. The van der Waals surface area contributed by atoms with Crippen LogP contribution in [0.25, 0.3) is 0 Å². The first-order valence-corrected chi connectivity index (χ1v) is 11.2. The topological polar surface area (TPSA) is 71.5 Å². The third-order valence-corrected chi connectivity index (χ3v) is 8.30. The first-order valence-electron chi connectivity index (χ1n) is 8.32. The number of aryl methyl sites for hydroxylation is 2. The van der Waals surface area contributed by atoms with Crippen molar-refractivity contribution in [3.05, 3.63) is 89.7 Å². The van der Waals surface area contributed by atoms with Crippen molar-refractivity contribution < 1.29 is 21.2 Å². The fourth-order valence-electron chi connectivity index (χ4n) is 2.61. The van der Waals surface area contributed by atoms with E-state index in [-0.39, 0.29) is 19.2 Å². The quantitative estimate of drug-likeness (QED) is 0.626. The average Bonchev–Trinajstić information content (AvgIpc) is 2.62. The van der Waals surface area contributed by atoms with E-state index in [0.29, 0.717) is 0 Å². The van der Waals surface area contributed by atoms with Gasteiger partial charge in [-0.2, -0.15) is 3.71 Å². The lowest BCUT2D eigenvalue weighted by molar-refractivity contribution is 0.584. The van der Waals surface area contributed by atoms with Crippen LogP contribution in [0.15, 0.2) is 82.6 Å². The van der Waals surface area contributed by atoms with Crippen LogP contribution < -0.4 is 3.71 Å². The Labute approximate surface area is 164 Å². The lowest BCUT2D eigenvalue weighted by Gasteiger charge is -2.24. The molecular formula is C20H18FNO4S2. The maximum absolute atomic E-state index is 13.8. The van der Waals surface area contributed by atoms with Gasteiger partial charge in [-0.05, 0) is 56.3 Å². The average molecular weight is 419 g/mol. The van der Waals surface area contributed by atoms with Crippen molar-refractivity contribution in [2.75, 3.05) is 3.71 Å². The van der Waals surface area contributed by atoms with Gasteiger partial charge in [0.15, 0.2) is 0 Å². The summed E-state index contributed by atoms with van der Waals surface area (Å²) in [6.07, 6.45) is 0. The van der Waals surface area contributed by atoms with Crippen LogP contribution in [0.5, 0.6) is 0 Å². The van der Waals surface area contributed by atoms with Crippen molar-refractivity contribution >= 4 is 25.7 Å². The van der Waals surface area contributed by atoms with Crippen LogP contribution >= 0.6 is 0 Å². The zero-order chi connectivity index (χ0) is 20.5. The Balaban J connectivity index is 2.26. The minimum absolute atomic E-state index is 0.210. The fraction of sp³-hybridized carbons (Fsp3) is 0.100. The normalized spacial score (nSPS) is 12.0. The summed E-state index contributed by atoms with van der Waals surface area (Å²) in [5.41, 5.74) is 1.33. The number of benzene rings is 3. The van der Waals surface area contributed by atoms with Crippen LogP contribution in [-0.2, 0) is 20.0 Å². The Kier molecular flexibility index (Phi) is 5.27. The zero-order valence-corrected chi connectivity index (χ0v) is 16.8. The molecule has 0 bridgehead atoms. The molecule has 0 aromatic heterocycles. The molecule has 0 N–H and O–H groups in total. The highest BCUT2D eigenvalue weighted by Crippen LogP contribution is 2.31. The van der Waals surface area contributed by atoms with E-state index in [0.717, 1.165) is 23.3 Å². The highest BCUT2D eigenvalue weighted by molar-refractivity contribution is 8.10. The second-order valence-electron chi connectivity index (χ2n) is 6.31. The van der Waals surface area contributed by atoms with E-state index in [1.807, 2.05) is 0 Å². The number of rotatable bonds is 5. The monoisotopic (exact) mass is 419 g/mol. The van der Waals surface area contributed by atoms with Crippen LogP contribution in [0.1, 0.15) is 11.1 Å². The zero-order valence-electron chi connectivity index (χ0n) is 15.2. The Morgan fingerprint density at radius 3 is 1.50 bits per heavy atom. The second-order valence-corrected chi connectivity index (χ2v) is 10.1. The van der Waals surface area contributed by atoms with Gasteiger partial charge in [-0.1, -0.05) is 41.5 Å². The predicted molar refractivity (Wildman–Crippen MR) is 106 cm³/mol. The van der Waals surface area contributed by atoms with Gasteiger partial charge in [0, 0.05) is 0 Å². The van der Waals surface area contributed by atoms with E-state index in [1.54, 1.807) is 38.1 Å². The molecule has 3 rings (SSSR count). The molecule has 0 spiro atoms. The van der Waals surface area contributed by atoms with Gasteiger partial charge in [0.05, 0.1) is 15.5 Å². The molecule has 0 unspecified atom stereocenters. The molecule has 0 aliphatic rings. The number of hydrogen-bond donors (Lipinski definition) is 0. The number of anilines is 1. The minimum atomic E-state index is -4.52. The summed E-state index contributed by atoms with van der Waals surface area (Å²) in [5.74, 6) is -0.749. The number of sulfonamides is 2. The van der Waals surface area contributed by atoms with E-state index in [4.69, 9.17) is 0 Å². The van der Waals surface area contributed by atoms with E-state index in [1.165, 1.54) is 36.4 Å². The lowest BCUT2D eigenvalue weighted by atomic mass is 10.2. The number of nitrogens with zero attached hydrogens (tertiary/aromatic N) is 1. The van der Waals surface area contributed by atoms with Gasteiger partial charge in [0.25, 0.3) is 20.0 Å². The molecule has 3 aromatic carbocycles. The van der Waals surface area contributed by atoms with Crippen molar-refractivity contribution in [3.8, 4) is 0 Å². The van der Waals surface area contributed by atoms with Gasteiger partial charge >= 0.3 is 0 Å². The Morgan fingerprint density at radius 1 is 0.679 bits per heavy atom. The molecule has 0 atom stereocenters. The molecule has 5 nitrogen and oxygen atoms in total. The van der Waals surface area contributed by atoms with Gasteiger partial charge in [-0.25, -0.2) is 21.2 Å². The standard InChI is InChI=1S/C20H18FNO4S2/c1-15-6-10-19(11-7-15)27(23,24)22(18-5-3-4-17(21)14-18)28(25,26)20-12-8-16(2)9-13-20/h3-14H,1-2H3. The fourth-order valence-corrected chi connectivity index (χ4v) is 6.28. The van der Waals surface area contributed by atoms with E-state index in [9.17, 15) is 21.2 Å². The lowest BCUT2D eigenvalue weighted by Crippen LogP contribution is -2.37. The molecular weight excluding hydrogens is 401 g/mol. The van der Waals surface area contributed by atoms with E-state index < -0.39 is 25.9 Å². The highest BCUT2D eigenvalue weighted by Gasteiger charge is 2.37. The maximum Gasteiger partial charge on any atom is 0.277 e. The summed E-state index contributed by atoms with van der Waals surface area (Å²) < 4.78 is 67.1. The summed E-state index contributed by atoms with van der Waals surface area (Å²) in [7, 11) is -9.05. The van der Waals surface area contributed by atoms with Crippen LogP contribution in [0, 0.1) is 19.7 Å². The summed E-state index contributed by atoms with van der Waals surface area (Å²) >= 11 is 0. The van der Waals surface area contributed by atoms with Crippen LogP contribution in [0.4, 0.5) is 10.1 Å². The van der Waals surface area contributed by atoms with Gasteiger partial charge in [0.1, 0.15) is 5.82 Å². The largest absolute Gasteiger partial charge is 0.277 e. The minimum Gasteiger partial charge on any atom is -0.207 e. The molecule has 0 heterocycles. The summed E-state index contributed by atoms with van der Waals surface area (Å²) in [5, 5.41) is 0. The Morgan fingerprint density at radius 2 is 1.11 bits per heavy atom. The molecule has 28 heavy (non-hydrogen) atoms. The van der Waals surface area contributed by atoms with Crippen molar-refractivity contribution in [1.82, 2.24) is 0 Å². The first-order chi connectivity index (χ1) is 13.1. The second kappa shape index (κ2) is 7.37. The van der Waals surface area contributed by atoms with Crippen LogP contribution in [0.2, 0.25) is 0 Å². The third-order valence-electron chi connectivity index (χ3n) is 4.09. The van der Waals surface area contributed by atoms with E-state index in [2.05, 4.69) is 0 Å². The predicted octanol–water partition coefficient (Wildman–Crippen LogP) is 4.03. The molecule has 0 saturated heterocycles. The van der Waals surface area contributed by atoms with Crippen LogP contribution in [-0.4, -0.2) is 16.8 Å². The summed E-state index contributed by atoms with van der Waals surface area (Å²) in [6, 6.07) is 16.0. The van der Waals surface area contributed by atoms with Gasteiger partial charge in [0.2, 0.25) is 0 Å². The molecule has 0 aliphatic carbocycles. The molecule has 146 valence electrons. The van der Waals surface area contributed by atoms with Crippen molar-refractivity contribution in [3.63, 3.8) is 0 Å². The molecule has 3 aromatic rings. The smallest absolute Gasteiger partial charge is 0.207 e. The number of hydrogen-bond acceptors (Lipinski definition) is 4. The third kappa shape index (κ3) is 3.79. The summed E-state index contributed by atoms with van der Waals surface area (Å²) in [6.45, 7) is 3.56. The van der Waals surface area contributed by atoms with Crippen molar-refractivity contribution in [2.24, 2.45) is 0 Å². The number of halogens is 1. The van der Waals surface area contributed by atoms with Gasteiger partial charge < -0.3 is 0 Å². The maximum atomic E-state index is 13.8. The highest BCUT2D eigenvalue weighted by atomic mass is 32.3. The van der Waals surface area contributed by atoms with Gasteiger partial charge in [-0.3, -0.25) is 0 Å². The van der Waals surface area contributed by atoms with Crippen molar-refractivity contribution in [1.29, 1.82) is 0 Å². The molecule has 8 heteroatoms. The Bertz CT molecular complexity index is 1130. The Hall–Kier alpha value is -2.71. The molecule has 0 fully saturated rings. The first kappa shape index (κ1) is 20.0. The van der Waals surface area contributed by atoms with Crippen molar-refractivity contribution in [2.45, 2.75) is 23.6 Å². The molecule has 0 amide bonds. The molecule has 0 saturated carbocycles.